The van der Waals surface area contributed by atoms with Crippen LogP contribution < -0.4 is 10.5 Å². The van der Waals surface area contributed by atoms with Crippen LogP contribution in [-0.4, -0.2) is 25.0 Å². The molecule has 0 aliphatic heterocycles. The number of aliphatic hydroxyl groups is 1. The van der Waals surface area contributed by atoms with Gasteiger partial charge in [0, 0.05) is 18.7 Å². The fraction of sp³-hybridized carbons (Fsp3) is 0.143. The van der Waals surface area contributed by atoms with E-state index in [-0.39, 0.29) is 22.8 Å². The van der Waals surface area contributed by atoms with Crippen LogP contribution in [0.2, 0.25) is 0 Å². The molecule has 1 unspecified atom stereocenters. The predicted molar refractivity (Wildman–Crippen MR) is 84.4 cm³/mol. The van der Waals surface area contributed by atoms with Crippen molar-refractivity contribution in [1.82, 2.24) is 0 Å². The molecule has 1 atom stereocenters. The standard InChI is InChI=1S/C14H15N3O5S/c15-23(21,22)14-7-6-11(17(19)20)8-12(14)16-9-13(18)10-4-2-1-3-5-10/h1-8,13,16,18H,9H2,(H2,15,21,22). The molecule has 23 heavy (non-hydrogen) atoms. The molecule has 122 valence electrons. The quantitative estimate of drug-likeness (QED) is 0.538. The first-order valence-electron chi connectivity index (χ1n) is 6.57. The number of nitro groups is 1. The smallest absolute Gasteiger partial charge is 0.271 e. The number of benzene rings is 2. The van der Waals surface area contributed by atoms with E-state index in [1.807, 2.05) is 0 Å². The predicted octanol–water partition coefficient (Wildman–Crippen LogP) is 1.39. The number of rotatable bonds is 6. The molecule has 0 amide bonds. The van der Waals surface area contributed by atoms with Crippen molar-refractivity contribution in [1.29, 1.82) is 0 Å². The van der Waals surface area contributed by atoms with Gasteiger partial charge in [-0.2, -0.15) is 0 Å². The van der Waals surface area contributed by atoms with Crippen molar-refractivity contribution < 1.29 is 18.4 Å². The van der Waals surface area contributed by atoms with Crippen molar-refractivity contribution in [3.63, 3.8) is 0 Å². The third kappa shape index (κ3) is 4.25. The Morgan fingerprint density at radius 1 is 1.22 bits per heavy atom. The van der Waals surface area contributed by atoms with Gasteiger partial charge in [0.2, 0.25) is 10.0 Å². The number of non-ortho nitro benzene ring substituents is 1. The van der Waals surface area contributed by atoms with E-state index in [0.29, 0.717) is 5.56 Å². The SMILES string of the molecule is NS(=O)(=O)c1ccc([N+](=O)[O-])cc1NCC(O)c1ccccc1. The fourth-order valence-corrected chi connectivity index (χ4v) is 2.71. The molecule has 2 rings (SSSR count). The average Bonchev–Trinajstić information content (AvgIpc) is 2.52. The molecule has 0 radical (unpaired) electrons. The van der Waals surface area contributed by atoms with Crippen molar-refractivity contribution in [3.8, 4) is 0 Å². The number of primary sulfonamides is 1. The summed E-state index contributed by atoms with van der Waals surface area (Å²) in [5.41, 5.74) is 0.313. The molecule has 8 nitrogen and oxygen atoms in total. The summed E-state index contributed by atoms with van der Waals surface area (Å²) in [5.74, 6) is 0. The number of hydrogen-bond donors (Lipinski definition) is 3. The minimum Gasteiger partial charge on any atom is -0.387 e. The van der Waals surface area contributed by atoms with E-state index in [2.05, 4.69) is 5.32 Å². The fourth-order valence-electron chi connectivity index (χ4n) is 2.02. The average molecular weight is 337 g/mol. The molecule has 2 aromatic carbocycles. The first-order chi connectivity index (χ1) is 10.8. The van der Waals surface area contributed by atoms with Crippen LogP contribution in [0.1, 0.15) is 11.7 Å². The second-order valence-corrected chi connectivity index (χ2v) is 6.32. The highest BCUT2D eigenvalue weighted by molar-refractivity contribution is 7.89. The van der Waals surface area contributed by atoms with Crippen molar-refractivity contribution >= 4 is 21.4 Å². The molecule has 0 saturated carbocycles. The Balaban J connectivity index is 2.27. The molecular formula is C14H15N3O5S. The van der Waals surface area contributed by atoms with Crippen molar-refractivity contribution in [2.75, 3.05) is 11.9 Å². The molecule has 0 aromatic heterocycles. The molecule has 9 heteroatoms. The van der Waals surface area contributed by atoms with Crippen LogP contribution >= 0.6 is 0 Å². The van der Waals surface area contributed by atoms with E-state index in [0.717, 1.165) is 18.2 Å². The van der Waals surface area contributed by atoms with Crippen LogP contribution in [0.3, 0.4) is 0 Å². The Morgan fingerprint density at radius 3 is 2.43 bits per heavy atom. The zero-order valence-corrected chi connectivity index (χ0v) is 12.7. The second kappa shape index (κ2) is 6.73. The van der Waals surface area contributed by atoms with Gasteiger partial charge in [0.05, 0.1) is 16.7 Å². The summed E-state index contributed by atoms with van der Waals surface area (Å²) >= 11 is 0. The molecule has 0 saturated heterocycles. The second-order valence-electron chi connectivity index (χ2n) is 4.79. The lowest BCUT2D eigenvalue weighted by atomic mass is 10.1. The number of nitrogens with two attached hydrogens (primary N) is 1. The number of hydrogen-bond acceptors (Lipinski definition) is 6. The van der Waals surface area contributed by atoms with Crippen molar-refractivity contribution in [2.45, 2.75) is 11.0 Å². The lowest BCUT2D eigenvalue weighted by Gasteiger charge is -2.15. The lowest BCUT2D eigenvalue weighted by Crippen LogP contribution is -2.18. The van der Waals surface area contributed by atoms with E-state index >= 15 is 0 Å². The Kier molecular flexibility index (Phi) is 4.94. The van der Waals surface area contributed by atoms with Gasteiger partial charge < -0.3 is 10.4 Å². The molecule has 0 heterocycles. The first kappa shape index (κ1) is 16.9. The Labute approximate surface area is 132 Å². The Bertz CT molecular complexity index is 808. The van der Waals surface area contributed by atoms with Gasteiger partial charge >= 0.3 is 0 Å². The molecule has 0 bridgehead atoms. The maximum atomic E-state index is 11.6. The highest BCUT2D eigenvalue weighted by Gasteiger charge is 2.19. The summed E-state index contributed by atoms with van der Waals surface area (Å²) in [6, 6.07) is 11.9. The third-order valence-corrected chi connectivity index (χ3v) is 4.12. The largest absolute Gasteiger partial charge is 0.387 e. The van der Waals surface area contributed by atoms with Crippen LogP contribution in [0.15, 0.2) is 53.4 Å². The molecule has 4 N–H and O–H groups in total. The van der Waals surface area contributed by atoms with Gasteiger partial charge in [-0.15, -0.1) is 0 Å². The number of sulfonamides is 1. The minimum absolute atomic E-state index is 0.0309. The van der Waals surface area contributed by atoms with E-state index in [4.69, 9.17) is 5.14 Å². The summed E-state index contributed by atoms with van der Waals surface area (Å²) in [6.45, 7) is -0.0340. The van der Waals surface area contributed by atoms with Gasteiger partial charge in [0.1, 0.15) is 4.90 Å². The maximum absolute atomic E-state index is 11.6. The van der Waals surface area contributed by atoms with Crippen LogP contribution in [0, 0.1) is 10.1 Å². The molecule has 0 aliphatic rings. The van der Waals surface area contributed by atoms with Crippen LogP contribution in [-0.2, 0) is 10.0 Å². The summed E-state index contributed by atoms with van der Waals surface area (Å²) in [4.78, 5) is 9.90. The number of anilines is 1. The van der Waals surface area contributed by atoms with Gasteiger partial charge in [-0.3, -0.25) is 10.1 Å². The Hall–Kier alpha value is -2.49. The summed E-state index contributed by atoms with van der Waals surface area (Å²) < 4.78 is 23.1. The molecule has 0 aliphatic carbocycles. The van der Waals surface area contributed by atoms with Crippen LogP contribution in [0.25, 0.3) is 0 Å². The number of nitrogens with one attached hydrogen (secondary N) is 1. The monoisotopic (exact) mass is 337 g/mol. The van der Waals surface area contributed by atoms with Crippen LogP contribution in [0.4, 0.5) is 11.4 Å². The van der Waals surface area contributed by atoms with Gasteiger partial charge in [-0.05, 0) is 11.6 Å². The highest BCUT2D eigenvalue weighted by Crippen LogP contribution is 2.26. The van der Waals surface area contributed by atoms with Crippen molar-refractivity contribution in [2.24, 2.45) is 5.14 Å². The normalized spacial score (nSPS) is 12.6. The third-order valence-electron chi connectivity index (χ3n) is 3.15. The van der Waals surface area contributed by atoms with Gasteiger partial charge in [0.15, 0.2) is 0 Å². The van der Waals surface area contributed by atoms with Crippen LogP contribution in [0.5, 0.6) is 0 Å². The van der Waals surface area contributed by atoms with Gasteiger partial charge in [-0.25, -0.2) is 13.6 Å². The first-order valence-corrected chi connectivity index (χ1v) is 8.12. The zero-order chi connectivity index (χ0) is 17.0. The topological polar surface area (TPSA) is 136 Å². The highest BCUT2D eigenvalue weighted by atomic mass is 32.2. The van der Waals surface area contributed by atoms with Crippen molar-refractivity contribution in [3.05, 3.63) is 64.2 Å². The van der Waals surface area contributed by atoms with Gasteiger partial charge in [-0.1, -0.05) is 30.3 Å². The molecule has 2 aromatic rings. The van der Waals surface area contributed by atoms with E-state index in [1.165, 1.54) is 0 Å². The van der Waals surface area contributed by atoms with E-state index in [9.17, 15) is 23.6 Å². The van der Waals surface area contributed by atoms with E-state index < -0.39 is 21.1 Å². The van der Waals surface area contributed by atoms with E-state index in [1.54, 1.807) is 30.3 Å². The molecular weight excluding hydrogens is 322 g/mol. The lowest BCUT2D eigenvalue weighted by molar-refractivity contribution is -0.384. The Morgan fingerprint density at radius 2 is 1.87 bits per heavy atom. The summed E-state index contributed by atoms with van der Waals surface area (Å²) in [6.07, 6.45) is -0.913. The molecule has 0 fully saturated rings. The zero-order valence-electron chi connectivity index (χ0n) is 11.9. The minimum atomic E-state index is -4.06. The summed E-state index contributed by atoms with van der Waals surface area (Å²) in [7, 11) is -4.06. The van der Waals surface area contributed by atoms with Gasteiger partial charge in [0.25, 0.3) is 5.69 Å². The maximum Gasteiger partial charge on any atom is 0.271 e. The number of nitrogens with zero attached hydrogens (tertiary/aromatic N) is 1. The molecule has 0 spiro atoms. The number of aliphatic hydroxyl groups excluding tert-OH is 1. The number of nitro benzene ring substituents is 1. The summed E-state index contributed by atoms with van der Waals surface area (Å²) in [5, 5.41) is 28.7.